The number of fused-ring (bicyclic) bond motifs is 2. The maximum absolute atomic E-state index is 13.1. The summed E-state index contributed by atoms with van der Waals surface area (Å²) in [6, 6.07) is 2.20. The summed E-state index contributed by atoms with van der Waals surface area (Å²) in [6.07, 6.45) is 4.48. The Hall–Kier alpha value is -2.42. The summed E-state index contributed by atoms with van der Waals surface area (Å²) >= 11 is 0. The van der Waals surface area contributed by atoms with Gasteiger partial charge in [0.2, 0.25) is 15.7 Å². The molecule has 9 heteroatoms. The number of amides is 1. The number of benzene rings is 1. The van der Waals surface area contributed by atoms with Gasteiger partial charge in [-0.05, 0) is 60.8 Å². The number of alkyl halides is 2. The Bertz CT molecular complexity index is 1020. The Balaban J connectivity index is 1.61. The largest absolute Gasteiger partial charge is 0.325 e. The molecule has 1 aromatic heterocycles. The number of nitrogens with zero attached hydrogens (tertiary/aromatic N) is 2. The third-order valence-corrected chi connectivity index (χ3v) is 6.80. The predicted molar refractivity (Wildman–Crippen MR) is 98.2 cm³/mol. The number of hydrogen-bond donors (Lipinski definition) is 1. The number of nitrogens with one attached hydrogen (secondary N) is 1. The molecule has 1 N–H and O–H groups in total. The van der Waals surface area contributed by atoms with E-state index in [2.05, 4.69) is 21.4 Å². The second kappa shape index (κ2) is 7.20. The molecule has 2 aromatic rings. The molecule has 1 amide bonds. The van der Waals surface area contributed by atoms with Crippen LogP contribution in [0.15, 0.2) is 23.5 Å². The lowest BCUT2D eigenvalue weighted by Crippen LogP contribution is -2.26. The Morgan fingerprint density at radius 2 is 1.64 bits per heavy atom. The van der Waals surface area contributed by atoms with E-state index < -0.39 is 38.6 Å². The Kier molecular flexibility index (Phi) is 4.86. The zero-order chi connectivity index (χ0) is 19.9. The van der Waals surface area contributed by atoms with Crippen molar-refractivity contribution in [2.24, 2.45) is 0 Å². The fourth-order valence-corrected chi connectivity index (χ4v) is 5.34. The van der Waals surface area contributed by atoms with E-state index in [1.54, 1.807) is 0 Å². The summed E-state index contributed by atoms with van der Waals surface area (Å²) in [5.74, 6) is -1.70. The number of anilines is 1. The van der Waals surface area contributed by atoms with Crippen molar-refractivity contribution in [3.8, 4) is 0 Å². The average molecular weight is 407 g/mol. The number of halogens is 2. The van der Waals surface area contributed by atoms with E-state index in [-0.39, 0.29) is 0 Å². The van der Waals surface area contributed by atoms with Gasteiger partial charge in [-0.15, -0.1) is 0 Å². The van der Waals surface area contributed by atoms with Gasteiger partial charge in [0.25, 0.3) is 6.43 Å². The van der Waals surface area contributed by atoms with E-state index in [9.17, 15) is 22.0 Å². The van der Waals surface area contributed by atoms with Crippen LogP contribution >= 0.6 is 0 Å². The first-order chi connectivity index (χ1) is 13.4. The Morgan fingerprint density at radius 3 is 2.25 bits per heavy atom. The molecule has 0 saturated carbocycles. The van der Waals surface area contributed by atoms with Crippen LogP contribution in [-0.2, 0) is 40.3 Å². The highest BCUT2D eigenvalue weighted by molar-refractivity contribution is 7.92. The maximum atomic E-state index is 13.1. The van der Waals surface area contributed by atoms with Crippen LogP contribution in [0.2, 0.25) is 0 Å². The van der Waals surface area contributed by atoms with E-state index in [0.717, 1.165) is 67.7 Å². The summed E-state index contributed by atoms with van der Waals surface area (Å²) in [4.78, 5) is 19.5. The average Bonchev–Trinajstić information content (AvgIpc) is 3.30. The lowest BCUT2D eigenvalue weighted by molar-refractivity contribution is -0.113. The molecule has 1 heterocycles. The highest BCUT2D eigenvalue weighted by Crippen LogP contribution is 2.38. The van der Waals surface area contributed by atoms with Gasteiger partial charge < -0.3 is 5.32 Å². The fourth-order valence-electron chi connectivity index (χ4n) is 4.11. The van der Waals surface area contributed by atoms with Crippen LogP contribution in [0, 0.1) is 0 Å². The van der Waals surface area contributed by atoms with Gasteiger partial charge in [0.05, 0.1) is 0 Å². The van der Waals surface area contributed by atoms with Gasteiger partial charge in [-0.2, -0.15) is 0 Å². The van der Waals surface area contributed by atoms with Crippen molar-refractivity contribution in [1.82, 2.24) is 9.97 Å². The van der Waals surface area contributed by atoms with Gasteiger partial charge in [-0.3, -0.25) is 9.78 Å². The van der Waals surface area contributed by atoms with Gasteiger partial charge in [-0.1, -0.05) is 6.07 Å². The topological polar surface area (TPSA) is 89.0 Å². The first kappa shape index (κ1) is 18.9. The number of aryl methyl sites for hydroxylation is 2. The fraction of sp³-hybridized carbons (Fsp3) is 0.421. The van der Waals surface area contributed by atoms with Crippen LogP contribution in [0.1, 0.15) is 47.2 Å². The first-order valence-electron chi connectivity index (χ1n) is 9.15. The molecule has 0 bridgehead atoms. The molecule has 0 spiro atoms. The minimum absolute atomic E-state index is 0.718. The predicted octanol–water partition coefficient (Wildman–Crippen LogP) is 2.80. The maximum Gasteiger partial charge on any atom is 0.283 e. The van der Waals surface area contributed by atoms with Gasteiger partial charge in [0, 0.05) is 18.1 Å². The van der Waals surface area contributed by atoms with E-state index in [1.807, 2.05) is 0 Å². The molecule has 0 unspecified atom stereocenters. The lowest BCUT2D eigenvalue weighted by Gasteiger charge is -2.16. The van der Waals surface area contributed by atoms with Crippen LogP contribution in [0.25, 0.3) is 0 Å². The van der Waals surface area contributed by atoms with Crippen molar-refractivity contribution >= 4 is 21.4 Å². The molecule has 28 heavy (non-hydrogen) atoms. The first-order valence-corrected chi connectivity index (χ1v) is 10.8. The number of carbonyl (C=O) groups excluding carboxylic acids is 1. The third kappa shape index (κ3) is 3.39. The third-order valence-electron chi connectivity index (χ3n) is 5.25. The van der Waals surface area contributed by atoms with Gasteiger partial charge in [0.15, 0.2) is 5.03 Å². The van der Waals surface area contributed by atoms with E-state index in [0.29, 0.717) is 0 Å². The molecule has 0 fully saturated rings. The molecule has 0 aliphatic heterocycles. The highest BCUT2D eigenvalue weighted by Gasteiger charge is 2.30. The Morgan fingerprint density at radius 1 is 1.04 bits per heavy atom. The zero-order valence-corrected chi connectivity index (χ0v) is 15.9. The van der Waals surface area contributed by atoms with Crippen LogP contribution in [0.5, 0.6) is 0 Å². The van der Waals surface area contributed by atoms with Crippen molar-refractivity contribution in [3.63, 3.8) is 0 Å². The summed E-state index contributed by atoms with van der Waals surface area (Å²) in [6.45, 7) is 0. The molecular weight excluding hydrogens is 388 g/mol. The van der Waals surface area contributed by atoms with Crippen molar-refractivity contribution in [3.05, 3.63) is 46.4 Å². The number of sulfone groups is 1. The molecule has 1 aromatic carbocycles. The molecule has 0 saturated heterocycles. The monoisotopic (exact) mass is 407 g/mol. The number of aromatic nitrogens is 2. The number of carbonyl (C=O) groups is 1. The van der Waals surface area contributed by atoms with Crippen molar-refractivity contribution < 1.29 is 22.0 Å². The molecule has 148 valence electrons. The van der Waals surface area contributed by atoms with Crippen LogP contribution in [-0.4, -0.2) is 30.0 Å². The standard InChI is InChI=1S/C19H19F2N3O3S/c20-18(21)17-19(23-8-7-22-17)28(26,27)10-15(25)24-16-13-5-1-3-11(13)9-12-4-2-6-14(12)16/h7-9,18H,1-6,10H2,(H,24,25). The summed E-state index contributed by atoms with van der Waals surface area (Å²) in [5.41, 5.74) is 4.33. The smallest absolute Gasteiger partial charge is 0.283 e. The SMILES string of the molecule is O=C(CS(=O)(=O)c1nccnc1C(F)F)Nc1c2c(cc3c1CCC3)CCC2. The highest BCUT2D eigenvalue weighted by atomic mass is 32.2. The summed E-state index contributed by atoms with van der Waals surface area (Å²) < 4.78 is 51.2. The van der Waals surface area contributed by atoms with Gasteiger partial charge in [-0.25, -0.2) is 22.2 Å². The molecule has 0 atom stereocenters. The van der Waals surface area contributed by atoms with E-state index in [1.165, 1.54) is 11.1 Å². The van der Waals surface area contributed by atoms with Crippen molar-refractivity contribution in [2.75, 3.05) is 11.1 Å². The normalized spacial score (nSPS) is 15.5. The molecular formula is C19H19F2N3O3S. The lowest BCUT2D eigenvalue weighted by atomic mass is 9.98. The minimum Gasteiger partial charge on any atom is -0.325 e. The second-order valence-corrected chi connectivity index (χ2v) is 8.99. The Labute approximate surface area is 161 Å². The second-order valence-electron chi connectivity index (χ2n) is 7.09. The zero-order valence-electron chi connectivity index (χ0n) is 15.0. The van der Waals surface area contributed by atoms with Crippen LogP contribution < -0.4 is 5.32 Å². The van der Waals surface area contributed by atoms with Crippen molar-refractivity contribution in [1.29, 1.82) is 0 Å². The van der Waals surface area contributed by atoms with Crippen LogP contribution in [0.3, 0.4) is 0 Å². The number of hydrogen-bond acceptors (Lipinski definition) is 5. The van der Waals surface area contributed by atoms with E-state index in [4.69, 9.17) is 0 Å². The van der Waals surface area contributed by atoms with Crippen molar-refractivity contribution in [2.45, 2.75) is 50.0 Å². The van der Waals surface area contributed by atoms with E-state index >= 15 is 0 Å². The molecule has 4 rings (SSSR count). The minimum atomic E-state index is -4.35. The van der Waals surface area contributed by atoms with Gasteiger partial charge >= 0.3 is 0 Å². The van der Waals surface area contributed by atoms with Crippen LogP contribution in [0.4, 0.5) is 14.5 Å². The molecule has 2 aliphatic carbocycles. The molecule has 0 radical (unpaired) electrons. The summed E-state index contributed by atoms with van der Waals surface area (Å²) in [5, 5.41) is 1.92. The van der Waals surface area contributed by atoms with Gasteiger partial charge in [0.1, 0.15) is 11.4 Å². The summed E-state index contributed by atoms with van der Waals surface area (Å²) in [7, 11) is -4.35. The molecule has 2 aliphatic rings. The number of rotatable bonds is 5. The quantitative estimate of drug-likeness (QED) is 0.823. The molecule has 6 nitrogen and oxygen atoms in total.